The molecule has 0 radical (unpaired) electrons. The van der Waals surface area contributed by atoms with Gasteiger partial charge in [0.25, 0.3) is 10.0 Å². The molecule has 0 aliphatic carbocycles. The number of aromatic nitrogens is 2. The first-order valence-corrected chi connectivity index (χ1v) is 11.8. The van der Waals surface area contributed by atoms with E-state index < -0.39 is 10.0 Å². The molecule has 0 aliphatic rings. The van der Waals surface area contributed by atoms with E-state index in [1.165, 1.54) is 29.7 Å². The van der Waals surface area contributed by atoms with E-state index in [4.69, 9.17) is 0 Å². The molecule has 0 saturated heterocycles. The molecular formula is C17H14Br2N4O3S2. The number of hydrogen-bond donors (Lipinski definition) is 2. The van der Waals surface area contributed by atoms with Crippen molar-refractivity contribution < 1.29 is 13.5 Å². The van der Waals surface area contributed by atoms with Crippen molar-refractivity contribution in [2.75, 3.05) is 4.72 Å². The van der Waals surface area contributed by atoms with Gasteiger partial charge in [-0.05, 0) is 58.7 Å². The monoisotopic (exact) mass is 544 g/mol. The highest BCUT2D eigenvalue weighted by Gasteiger charge is 2.16. The largest absolute Gasteiger partial charge is 0.506 e. The molecule has 0 spiro atoms. The molecule has 11 heteroatoms. The molecule has 3 rings (SSSR count). The normalized spacial score (nSPS) is 11.8. The number of phenolic OH excluding ortho intramolecular Hbond substituents is 1. The molecule has 0 unspecified atom stereocenters. The van der Waals surface area contributed by atoms with E-state index in [-0.39, 0.29) is 15.8 Å². The Morgan fingerprint density at radius 3 is 2.57 bits per heavy atom. The zero-order valence-corrected chi connectivity index (χ0v) is 19.2. The molecule has 1 heterocycles. The zero-order chi connectivity index (χ0) is 20.3. The minimum Gasteiger partial charge on any atom is -0.506 e. The van der Waals surface area contributed by atoms with Gasteiger partial charge in [0.05, 0.1) is 15.1 Å². The van der Waals surface area contributed by atoms with Gasteiger partial charge in [0.15, 0.2) is 0 Å². The topological polar surface area (TPSA) is 105 Å². The van der Waals surface area contributed by atoms with Gasteiger partial charge in [-0.15, -0.1) is 10.2 Å². The van der Waals surface area contributed by atoms with Crippen molar-refractivity contribution in [1.29, 1.82) is 0 Å². The number of anilines is 1. The number of aliphatic imine (C=N–C) groups is 1. The van der Waals surface area contributed by atoms with E-state index in [1.54, 1.807) is 24.3 Å². The van der Waals surface area contributed by atoms with Gasteiger partial charge in [-0.3, -0.25) is 9.71 Å². The molecule has 7 nitrogen and oxygen atoms in total. The van der Waals surface area contributed by atoms with Crippen molar-refractivity contribution in [2.45, 2.75) is 18.2 Å². The maximum Gasteiger partial charge on any atom is 0.263 e. The number of benzene rings is 2. The summed E-state index contributed by atoms with van der Waals surface area (Å²) in [5.74, 6) is 0.0684. The number of phenols is 1. The number of aryl methyl sites for hydroxylation is 1. The van der Waals surface area contributed by atoms with Crippen LogP contribution in [-0.2, 0) is 16.4 Å². The van der Waals surface area contributed by atoms with E-state index in [9.17, 15) is 13.5 Å². The van der Waals surface area contributed by atoms with Crippen LogP contribution in [0, 0.1) is 0 Å². The predicted molar refractivity (Wildman–Crippen MR) is 117 cm³/mol. The van der Waals surface area contributed by atoms with Gasteiger partial charge in [-0.1, -0.05) is 34.2 Å². The zero-order valence-electron chi connectivity index (χ0n) is 14.4. The SMILES string of the molecule is CCc1nnc(NS(=O)(=O)c2ccc(N=Cc3cc(Br)cc(Br)c3O)cc2)s1. The van der Waals surface area contributed by atoms with E-state index in [2.05, 4.69) is 51.8 Å². The van der Waals surface area contributed by atoms with Crippen molar-refractivity contribution in [3.63, 3.8) is 0 Å². The van der Waals surface area contributed by atoms with E-state index in [0.29, 0.717) is 22.1 Å². The fourth-order valence-corrected chi connectivity index (χ4v) is 5.32. The second-order valence-electron chi connectivity index (χ2n) is 5.54. The highest BCUT2D eigenvalue weighted by Crippen LogP contribution is 2.31. The summed E-state index contributed by atoms with van der Waals surface area (Å²) in [6.45, 7) is 1.92. The van der Waals surface area contributed by atoms with Gasteiger partial charge in [-0.2, -0.15) is 0 Å². The predicted octanol–water partition coefficient (Wildman–Crippen LogP) is 4.88. The van der Waals surface area contributed by atoms with Crippen LogP contribution in [0.15, 0.2) is 55.2 Å². The van der Waals surface area contributed by atoms with Gasteiger partial charge >= 0.3 is 0 Å². The number of aromatic hydroxyl groups is 1. The maximum absolute atomic E-state index is 12.5. The molecule has 3 aromatic rings. The molecule has 2 N–H and O–H groups in total. The fraction of sp³-hybridized carbons (Fsp3) is 0.118. The first-order chi connectivity index (χ1) is 13.3. The van der Waals surface area contributed by atoms with Crippen LogP contribution in [0.25, 0.3) is 0 Å². The smallest absolute Gasteiger partial charge is 0.263 e. The Balaban J connectivity index is 1.77. The average Bonchev–Trinajstić information content (AvgIpc) is 3.10. The van der Waals surface area contributed by atoms with Crippen LogP contribution in [0.2, 0.25) is 0 Å². The highest BCUT2D eigenvalue weighted by molar-refractivity contribution is 9.11. The molecule has 0 atom stereocenters. The molecule has 28 heavy (non-hydrogen) atoms. The van der Waals surface area contributed by atoms with E-state index in [0.717, 1.165) is 9.48 Å². The lowest BCUT2D eigenvalue weighted by Crippen LogP contribution is -2.12. The fourth-order valence-electron chi connectivity index (χ4n) is 2.15. The molecule has 0 fully saturated rings. The van der Waals surface area contributed by atoms with Crippen LogP contribution < -0.4 is 4.72 Å². The molecule has 1 aromatic heterocycles. The molecule has 0 amide bonds. The number of nitrogens with one attached hydrogen (secondary N) is 1. The average molecular weight is 546 g/mol. The van der Waals surface area contributed by atoms with Crippen molar-refractivity contribution in [1.82, 2.24) is 10.2 Å². The lowest BCUT2D eigenvalue weighted by atomic mass is 10.2. The molecular weight excluding hydrogens is 532 g/mol. The van der Waals surface area contributed by atoms with Crippen molar-refractivity contribution in [3.8, 4) is 5.75 Å². The molecule has 0 bridgehead atoms. The summed E-state index contributed by atoms with van der Waals surface area (Å²) < 4.78 is 28.7. The van der Waals surface area contributed by atoms with Crippen LogP contribution in [0.5, 0.6) is 5.75 Å². The van der Waals surface area contributed by atoms with Crippen LogP contribution in [0.3, 0.4) is 0 Å². The standard InChI is InChI=1S/C17H14Br2N4O3S2/c1-2-15-21-22-17(27-15)23-28(25,26)13-5-3-12(4-6-13)20-9-10-7-11(18)8-14(19)16(10)24/h3-9,24H,2H2,1H3,(H,22,23). The molecule has 146 valence electrons. The maximum atomic E-state index is 12.5. The minimum atomic E-state index is -3.76. The number of nitrogens with zero attached hydrogens (tertiary/aromatic N) is 3. The molecule has 0 saturated carbocycles. The van der Waals surface area contributed by atoms with E-state index in [1.807, 2.05) is 6.92 Å². The van der Waals surface area contributed by atoms with Gasteiger partial charge in [0, 0.05) is 16.3 Å². The van der Waals surface area contributed by atoms with Crippen LogP contribution in [0.1, 0.15) is 17.5 Å². The van der Waals surface area contributed by atoms with Crippen LogP contribution in [-0.4, -0.2) is 29.9 Å². The van der Waals surface area contributed by atoms with Crippen LogP contribution in [0.4, 0.5) is 10.8 Å². The first kappa shape index (κ1) is 20.9. The van der Waals surface area contributed by atoms with Crippen molar-refractivity contribution in [2.24, 2.45) is 4.99 Å². The van der Waals surface area contributed by atoms with Crippen molar-refractivity contribution in [3.05, 3.63) is 55.9 Å². The third kappa shape index (κ3) is 4.96. The summed E-state index contributed by atoms with van der Waals surface area (Å²) in [6, 6.07) is 9.50. The quantitative estimate of drug-likeness (QED) is 0.429. The summed E-state index contributed by atoms with van der Waals surface area (Å²) in [7, 11) is -3.76. The van der Waals surface area contributed by atoms with E-state index >= 15 is 0 Å². The number of sulfonamides is 1. The Morgan fingerprint density at radius 1 is 1.21 bits per heavy atom. The summed E-state index contributed by atoms with van der Waals surface area (Å²) in [5.41, 5.74) is 1.06. The number of rotatable bonds is 6. The lowest BCUT2D eigenvalue weighted by Gasteiger charge is -2.05. The third-order valence-corrected chi connectivity index (χ3v) is 7.08. The summed E-state index contributed by atoms with van der Waals surface area (Å²) in [4.78, 5) is 4.37. The van der Waals surface area contributed by atoms with Gasteiger partial charge in [-0.25, -0.2) is 8.42 Å². The molecule has 0 aliphatic heterocycles. The molecule has 2 aromatic carbocycles. The highest BCUT2D eigenvalue weighted by atomic mass is 79.9. The summed E-state index contributed by atoms with van der Waals surface area (Å²) >= 11 is 7.82. The second kappa shape index (κ2) is 8.68. The Bertz CT molecular complexity index is 1130. The van der Waals surface area contributed by atoms with Gasteiger partial charge < -0.3 is 5.11 Å². The number of halogens is 2. The minimum absolute atomic E-state index is 0.0684. The van der Waals surface area contributed by atoms with Crippen molar-refractivity contribution >= 4 is 70.3 Å². The van der Waals surface area contributed by atoms with Crippen LogP contribution >= 0.6 is 43.2 Å². The Labute approximate surface area is 182 Å². The van der Waals surface area contributed by atoms with Gasteiger partial charge in [0.1, 0.15) is 10.8 Å². The Kier molecular flexibility index (Phi) is 6.48. The number of hydrogen-bond acceptors (Lipinski definition) is 7. The third-order valence-electron chi connectivity index (χ3n) is 3.55. The first-order valence-electron chi connectivity index (χ1n) is 7.96. The lowest BCUT2D eigenvalue weighted by molar-refractivity contribution is 0.471. The Morgan fingerprint density at radius 2 is 1.93 bits per heavy atom. The second-order valence-corrected chi connectivity index (χ2v) is 10.1. The Hall–Kier alpha value is -1.82. The summed E-state index contributed by atoms with van der Waals surface area (Å²) in [6.07, 6.45) is 2.19. The summed E-state index contributed by atoms with van der Waals surface area (Å²) in [5, 5.41) is 18.8. The van der Waals surface area contributed by atoms with Gasteiger partial charge in [0.2, 0.25) is 5.13 Å².